The Morgan fingerprint density at radius 2 is 2.00 bits per heavy atom. The zero-order valence-electron chi connectivity index (χ0n) is 17.0. The van der Waals surface area contributed by atoms with Crippen molar-refractivity contribution in [2.24, 2.45) is 5.92 Å². The van der Waals surface area contributed by atoms with Gasteiger partial charge < -0.3 is 20.3 Å². The molecule has 1 aromatic rings. The summed E-state index contributed by atoms with van der Waals surface area (Å²) in [5.41, 5.74) is 1.32. The number of hydrogen-bond acceptors (Lipinski definition) is 5. The largest absolute Gasteiger partial charge is 0.444 e. The minimum Gasteiger partial charge on any atom is -0.444 e. The third kappa shape index (κ3) is 7.57. The normalized spacial score (nSPS) is 16.9. The van der Waals surface area contributed by atoms with Gasteiger partial charge >= 0.3 is 6.09 Å². The van der Waals surface area contributed by atoms with E-state index in [1.165, 1.54) is 0 Å². The predicted octanol–water partition coefficient (Wildman–Crippen LogP) is 3.28. The molecule has 0 bridgehead atoms. The van der Waals surface area contributed by atoms with E-state index in [9.17, 15) is 9.59 Å². The second kappa shape index (κ2) is 10.1. The molecule has 1 heterocycles. The first-order valence-electron chi connectivity index (χ1n) is 9.71. The molecule has 0 saturated carbocycles. The number of amides is 2. The van der Waals surface area contributed by atoms with Crippen LogP contribution in [0.5, 0.6) is 0 Å². The zero-order chi connectivity index (χ0) is 20.6. The summed E-state index contributed by atoms with van der Waals surface area (Å²) < 4.78 is 5.47. The molecule has 1 saturated heterocycles. The number of nitrogens with one attached hydrogen (secondary N) is 2. The maximum Gasteiger partial charge on any atom is 0.410 e. The van der Waals surface area contributed by atoms with Gasteiger partial charge in [0, 0.05) is 25.3 Å². The van der Waals surface area contributed by atoms with Gasteiger partial charge in [-0.25, -0.2) is 4.79 Å². The summed E-state index contributed by atoms with van der Waals surface area (Å²) >= 11 is 0. The number of anilines is 1. The third-order valence-electron chi connectivity index (χ3n) is 4.41. The minimum atomic E-state index is -0.470. The van der Waals surface area contributed by atoms with Gasteiger partial charge in [0.1, 0.15) is 12.0 Å². The molecule has 7 heteroatoms. The monoisotopic (exact) mass is 386 g/mol. The Balaban J connectivity index is 1.74. The minimum absolute atomic E-state index is 0.148. The van der Waals surface area contributed by atoms with Gasteiger partial charge in [-0.1, -0.05) is 12.1 Å². The average Bonchev–Trinajstić information content (AvgIpc) is 2.62. The van der Waals surface area contributed by atoms with Gasteiger partial charge in [-0.3, -0.25) is 4.79 Å². The summed E-state index contributed by atoms with van der Waals surface area (Å²) in [6.07, 6.45) is 1.70. The maximum absolute atomic E-state index is 12.2. The standard InChI is InChI=1S/C21H30N4O3/c1-21(2,3)28-20(27)25-12-4-5-17(15-25)14-23-13-16-6-8-18(9-7-16)24-19(26)10-11-22/h6-9,17,23H,4-5,10,12-15H2,1-3H3,(H,24,26). The van der Waals surface area contributed by atoms with Crippen molar-refractivity contribution >= 4 is 17.7 Å². The Labute approximate surface area is 167 Å². The van der Waals surface area contributed by atoms with Crippen LogP contribution >= 0.6 is 0 Å². The van der Waals surface area contributed by atoms with Crippen LogP contribution in [0.15, 0.2) is 24.3 Å². The molecule has 2 rings (SSSR count). The number of benzene rings is 1. The number of nitrogens with zero attached hydrogens (tertiary/aromatic N) is 2. The van der Waals surface area contributed by atoms with Crippen LogP contribution in [0, 0.1) is 17.2 Å². The highest BCUT2D eigenvalue weighted by Crippen LogP contribution is 2.19. The van der Waals surface area contributed by atoms with E-state index < -0.39 is 5.60 Å². The summed E-state index contributed by atoms with van der Waals surface area (Å²) in [5, 5.41) is 14.6. The van der Waals surface area contributed by atoms with Crippen LogP contribution in [0.3, 0.4) is 0 Å². The Morgan fingerprint density at radius 1 is 1.29 bits per heavy atom. The van der Waals surface area contributed by atoms with Crippen LogP contribution < -0.4 is 10.6 Å². The molecule has 2 N–H and O–H groups in total. The molecule has 1 aromatic carbocycles. The third-order valence-corrected chi connectivity index (χ3v) is 4.41. The molecule has 1 unspecified atom stereocenters. The summed E-state index contributed by atoms with van der Waals surface area (Å²) in [4.78, 5) is 25.5. The van der Waals surface area contributed by atoms with Gasteiger partial charge in [0.15, 0.2) is 0 Å². The van der Waals surface area contributed by atoms with E-state index in [1.54, 1.807) is 4.90 Å². The molecule has 0 aromatic heterocycles. The molecule has 7 nitrogen and oxygen atoms in total. The predicted molar refractivity (Wildman–Crippen MR) is 108 cm³/mol. The second-order valence-corrected chi connectivity index (χ2v) is 8.15. The fourth-order valence-electron chi connectivity index (χ4n) is 3.13. The molecule has 1 aliphatic heterocycles. The van der Waals surface area contributed by atoms with E-state index in [0.717, 1.165) is 38.0 Å². The van der Waals surface area contributed by atoms with Crippen molar-refractivity contribution in [3.63, 3.8) is 0 Å². The number of piperidine rings is 1. The molecular weight excluding hydrogens is 356 g/mol. The van der Waals surface area contributed by atoms with Gasteiger partial charge in [0.2, 0.25) is 5.91 Å². The lowest BCUT2D eigenvalue weighted by atomic mass is 9.98. The first kappa shape index (κ1) is 21.7. The lowest BCUT2D eigenvalue weighted by Crippen LogP contribution is -2.44. The number of carbonyl (C=O) groups excluding carboxylic acids is 2. The summed E-state index contributed by atoms with van der Waals surface area (Å²) in [6, 6.07) is 9.38. The zero-order valence-corrected chi connectivity index (χ0v) is 17.0. The average molecular weight is 386 g/mol. The topological polar surface area (TPSA) is 94.5 Å². The van der Waals surface area contributed by atoms with Crippen LogP contribution in [0.4, 0.5) is 10.5 Å². The molecule has 1 atom stereocenters. The van der Waals surface area contributed by atoms with Crippen LogP contribution in [-0.2, 0) is 16.1 Å². The Morgan fingerprint density at radius 3 is 2.64 bits per heavy atom. The molecule has 28 heavy (non-hydrogen) atoms. The van der Waals surface area contributed by atoms with E-state index >= 15 is 0 Å². The molecule has 0 radical (unpaired) electrons. The number of ether oxygens (including phenoxy) is 1. The SMILES string of the molecule is CC(C)(C)OC(=O)N1CCCC(CNCc2ccc(NC(=O)CC#N)cc2)C1. The van der Waals surface area contributed by atoms with Gasteiger partial charge in [-0.05, 0) is 63.8 Å². The van der Waals surface area contributed by atoms with Crippen molar-refractivity contribution in [3.8, 4) is 6.07 Å². The molecule has 1 aliphatic rings. The van der Waals surface area contributed by atoms with Gasteiger partial charge in [0.05, 0.1) is 6.07 Å². The smallest absolute Gasteiger partial charge is 0.410 e. The van der Waals surface area contributed by atoms with Crippen molar-refractivity contribution < 1.29 is 14.3 Å². The van der Waals surface area contributed by atoms with E-state index in [4.69, 9.17) is 10.00 Å². The summed E-state index contributed by atoms with van der Waals surface area (Å²) in [5.74, 6) is 0.103. The van der Waals surface area contributed by atoms with E-state index in [2.05, 4.69) is 10.6 Å². The highest BCUT2D eigenvalue weighted by molar-refractivity contribution is 5.91. The lowest BCUT2D eigenvalue weighted by Gasteiger charge is -2.34. The van der Waals surface area contributed by atoms with Crippen molar-refractivity contribution in [1.29, 1.82) is 5.26 Å². The van der Waals surface area contributed by atoms with Gasteiger partial charge in [-0.2, -0.15) is 5.26 Å². The fraction of sp³-hybridized carbons (Fsp3) is 0.571. The molecule has 0 aliphatic carbocycles. The fourth-order valence-corrected chi connectivity index (χ4v) is 3.13. The van der Waals surface area contributed by atoms with E-state index in [-0.39, 0.29) is 18.4 Å². The van der Waals surface area contributed by atoms with Crippen LogP contribution in [0.25, 0.3) is 0 Å². The number of rotatable bonds is 6. The molecule has 2 amide bonds. The number of carbonyl (C=O) groups is 2. The van der Waals surface area contributed by atoms with Crippen molar-refractivity contribution in [3.05, 3.63) is 29.8 Å². The van der Waals surface area contributed by atoms with Crippen molar-refractivity contribution in [2.75, 3.05) is 25.0 Å². The number of hydrogen-bond donors (Lipinski definition) is 2. The Bertz CT molecular complexity index is 704. The van der Waals surface area contributed by atoms with Gasteiger partial charge in [0.25, 0.3) is 0 Å². The van der Waals surface area contributed by atoms with Crippen LogP contribution in [0.1, 0.15) is 45.6 Å². The highest BCUT2D eigenvalue weighted by atomic mass is 16.6. The highest BCUT2D eigenvalue weighted by Gasteiger charge is 2.27. The van der Waals surface area contributed by atoms with Crippen molar-refractivity contribution in [2.45, 2.75) is 52.2 Å². The molecule has 152 valence electrons. The molecular formula is C21H30N4O3. The molecule has 1 fully saturated rings. The van der Waals surface area contributed by atoms with E-state index in [1.807, 2.05) is 51.1 Å². The van der Waals surface area contributed by atoms with Gasteiger partial charge in [-0.15, -0.1) is 0 Å². The quantitative estimate of drug-likeness (QED) is 0.782. The number of nitriles is 1. The van der Waals surface area contributed by atoms with E-state index in [0.29, 0.717) is 18.2 Å². The molecule has 0 spiro atoms. The Hall–Kier alpha value is -2.59. The van der Waals surface area contributed by atoms with Crippen LogP contribution in [-0.4, -0.2) is 42.1 Å². The first-order valence-corrected chi connectivity index (χ1v) is 9.71. The number of likely N-dealkylation sites (tertiary alicyclic amines) is 1. The Kier molecular flexibility index (Phi) is 7.82. The summed E-state index contributed by atoms with van der Waals surface area (Å²) in [7, 11) is 0. The first-order chi connectivity index (χ1) is 13.3. The maximum atomic E-state index is 12.2. The van der Waals surface area contributed by atoms with Crippen molar-refractivity contribution in [1.82, 2.24) is 10.2 Å². The lowest BCUT2D eigenvalue weighted by molar-refractivity contribution is -0.115. The van der Waals surface area contributed by atoms with Crippen LogP contribution in [0.2, 0.25) is 0 Å². The summed E-state index contributed by atoms with van der Waals surface area (Å²) in [6.45, 7) is 8.67. The second-order valence-electron chi connectivity index (χ2n) is 8.15.